The van der Waals surface area contributed by atoms with Crippen molar-refractivity contribution >= 4 is 34.2 Å². The van der Waals surface area contributed by atoms with Crippen molar-refractivity contribution in [3.05, 3.63) is 35.1 Å². The summed E-state index contributed by atoms with van der Waals surface area (Å²) in [5.41, 5.74) is 0.968. The van der Waals surface area contributed by atoms with Crippen LogP contribution in [0.2, 0.25) is 0 Å². The number of esters is 1. The predicted octanol–water partition coefficient (Wildman–Crippen LogP) is 4.50. The monoisotopic (exact) mass is 381 g/mol. The molecule has 2 aromatic rings. The Morgan fingerprint density at radius 1 is 1.36 bits per heavy atom. The lowest BCUT2D eigenvalue weighted by molar-refractivity contribution is 0.0599. The summed E-state index contributed by atoms with van der Waals surface area (Å²) in [5.74, 6) is -0.487. The molecule has 5 nitrogen and oxygen atoms in total. The maximum atomic E-state index is 13.4. The van der Waals surface area contributed by atoms with E-state index in [9.17, 15) is 9.18 Å². The smallest absolute Gasteiger partial charge is 0.338 e. The Balaban J connectivity index is 1.61. The van der Waals surface area contributed by atoms with E-state index >= 15 is 0 Å². The van der Waals surface area contributed by atoms with Crippen molar-refractivity contribution in [1.82, 2.24) is 10.2 Å². The largest absolute Gasteiger partial charge is 0.465 e. The van der Waals surface area contributed by atoms with Gasteiger partial charge in [-0.1, -0.05) is 48.4 Å². The van der Waals surface area contributed by atoms with Crippen molar-refractivity contribution in [3.63, 3.8) is 0 Å². The van der Waals surface area contributed by atoms with Gasteiger partial charge in [-0.3, -0.25) is 0 Å². The molecule has 1 saturated carbocycles. The van der Waals surface area contributed by atoms with Gasteiger partial charge in [-0.2, -0.15) is 0 Å². The summed E-state index contributed by atoms with van der Waals surface area (Å²) in [5, 5.41) is 12.7. The molecule has 134 valence electrons. The molecule has 0 saturated heterocycles. The number of ether oxygens (including phenoxy) is 1. The van der Waals surface area contributed by atoms with E-state index < -0.39 is 11.8 Å². The molecule has 1 aromatic heterocycles. The third kappa shape index (κ3) is 4.92. The number of halogens is 1. The molecule has 1 aliphatic carbocycles. The van der Waals surface area contributed by atoms with E-state index in [1.165, 1.54) is 74.4 Å². The van der Waals surface area contributed by atoms with Crippen molar-refractivity contribution in [2.45, 2.75) is 48.2 Å². The second-order valence-electron chi connectivity index (χ2n) is 5.93. The maximum absolute atomic E-state index is 13.4. The average Bonchev–Trinajstić information content (AvgIpc) is 3.08. The molecule has 0 unspecified atom stereocenters. The fourth-order valence-electron chi connectivity index (χ4n) is 2.86. The highest BCUT2D eigenvalue weighted by atomic mass is 32.2. The SMILES string of the molecule is COC(=O)c1cc(F)ccc1CSc1nnc(NC2CCCCC2)s1. The molecule has 0 atom stereocenters. The minimum atomic E-state index is -0.535. The van der Waals surface area contributed by atoms with Crippen LogP contribution in [0.3, 0.4) is 0 Å². The van der Waals surface area contributed by atoms with Crippen molar-refractivity contribution in [2.75, 3.05) is 12.4 Å². The lowest BCUT2D eigenvalue weighted by atomic mass is 9.96. The van der Waals surface area contributed by atoms with Gasteiger partial charge in [-0.25, -0.2) is 9.18 Å². The normalized spacial score (nSPS) is 15.1. The number of aromatic nitrogens is 2. The van der Waals surface area contributed by atoms with Gasteiger partial charge in [-0.15, -0.1) is 10.2 Å². The Morgan fingerprint density at radius 3 is 2.92 bits per heavy atom. The van der Waals surface area contributed by atoms with Crippen LogP contribution in [0.4, 0.5) is 9.52 Å². The van der Waals surface area contributed by atoms with Crippen LogP contribution in [-0.2, 0) is 10.5 Å². The molecular formula is C17H20FN3O2S2. The highest BCUT2D eigenvalue weighted by Gasteiger charge is 2.17. The molecule has 0 spiro atoms. The van der Waals surface area contributed by atoms with E-state index in [1.807, 2.05) is 0 Å². The van der Waals surface area contributed by atoms with E-state index in [4.69, 9.17) is 4.74 Å². The molecule has 3 rings (SSSR count). The van der Waals surface area contributed by atoms with Crippen LogP contribution >= 0.6 is 23.1 Å². The van der Waals surface area contributed by atoms with E-state index in [-0.39, 0.29) is 5.56 Å². The number of rotatable bonds is 6. The predicted molar refractivity (Wildman–Crippen MR) is 97.7 cm³/mol. The van der Waals surface area contributed by atoms with Gasteiger partial charge in [0, 0.05) is 11.8 Å². The minimum Gasteiger partial charge on any atom is -0.465 e. The molecule has 1 fully saturated rings. The Morgan fingerprint density at radius 2 is 2.16 bits per heavy atom. The van der Waals surface area contributed by atoms with E-state index in [0.717, 1.165) is 15.0 Å². The van der Waals surface area contributed by atoms with Gasteiger partial charge in [0.1, 0.15) is 5.82 Å². The first kappa shape index (κ1) is 18.1. The molecule has 25 heavy (non-hydrogen) atoms. The minimum absolute atomic E-state index is 0.250. The van der Waals surface area contributed by atoms with Crippen LogP contribution in [-0.4, -0.2) is 29.3 Å². The molecule has 1 N–H and O–H groups in total. The van der Waals surface area contributed by atoms with Crippen LogP contribution in [0.5, 0.6) is 0 Å². The summed E-state index contributed by atoms with van der Waals surface area (Å²) < 4.78 is 18.9. The zero-order valence-corrected chi connectivity index (χ0v) is 15.6. The number of nitrogens with zero attached hydrogens (tertiary/aromatic N) is 2. The lowest BCUT2D eigenvalue weighted by Crippen LogP contribution is -2.21. The number of carbonyl (C=O) groups is 1. The topological polar surface area (TPSA) is 64.1 Å². The Bertz CT molecular complexity index is 732. The number of hydrogen-bond acceptors (Lipinski definition) is 7. The maximum Gasteiger partial charge on any atom is 0.338 e. The first-order chi connectivity index (χ1) is 12.2. The number of thioether (sulfide) groups is 1. The molecule has 1 aromatic carbocycles. The van der Waals surface area contributed by atoms with E-state index in [0.29, 0.717) is 11.8 Å². The molecule has 0 amide bonds. The number of carbonyl (C=O) groups excluding carboxylic acids is 1. The number of hydrogen-bond donors (Lipinski definition) is 1. The molecule has 8 heteroatoms. The quantitative estimate of drug-likeness (QED) is 0.587. The third-order valence-electron chi connectivity index (χ3n) is 4.17. The summed E-state index contributed by atoms with van der Waals surface area (Å²) in [7, 11) is 1.29. The standard InChI is InChI=1S/C17H20FN3O2S2/c1-23-15(22)14-9-12(18)8-7-11(14)10-24-17-21-20-16(25-17)19-13-5-3-2-4-6-13/h7-9,13H,2-6,10H2,1H3,(H,19,20). The summed E-state index contributed by atoms with van der Waals surface area (Å²) in [4.78, 5) is 11.8. The number of nitrogens with one attached hydrogen (secondary N) is 1. The van der Waals surface area contributed by atoms with E-state index in [2.05, 4.69) is 15.5 Å². The molecule has 0 radical (unpaired) electrons. The van der Waals surface area contributed by atoms with Gasteiger partial charge in [0.25, 0.3) is 0 Å². The first-order valence-corrected chi connectivity index (χ1v) is 10.1. The Labute approximate surface area is 154 Å². The fourth-order valence-corrected chi connectivity index (χ4v) is 4.69. The Hall–Kier alpha value is -1.67. The van der Waals surface area contributed by atoms with Gasteiger partial charge in [0.2, 0.25) is 5.13 Å². The second-order valence-corrected chi connectivity index (χ2v) is 8.13. The van der Waals surface area contributed by atoms with Crippen molar-refractivity contribution in [1.29, 1.82) is 0 Å². The van der Waals surface area contributed by atoms with Gasteiger partial charge >= 0.3 is 5.97 Å². The number of methoxy groups -OCH3 is 1. The highest BCUT2D eigenvalue weighted by Crippen LogP contribution is 2.31. The summed E-state index contributed by atoms with van der Waals surface area (Å²) >= 11 is 2.99. The van der Waals surface area contributed by atoms with E-state index in [1.54, 1.807) is 6.07 Å². The average molecular weight is 381 g/mol. The van der Waals surface area contributed by atoms with Gasteiger partial charge in [0.05, 0.1) is 12.7 Å². The molecule has 1 heterocycles. The Kier molecular flexibility index (Phi) is 6.25. The first-order valence-electron chi connectivity index (χ1n) is 8.25. The van der Waals surface area contributed by atoms with Crippen molar-refractivity contribution < 1.29 is 13.9 Å². The zero-order valence-electron chi connectivity index (χ0n) is 14.0. The van der Waals surface area contributed by atoms with Crippen LogP contribution in [0.25, 0.3) is 0 Å². The van der Waals surface area contributed by atoms with Crippen molar-refractivity contribution in [3.8, 4) is 0 Å². The zero-order chi connectivity index (χ0) is 17.6. The summed E-state index contributed by atoms with van der Waals surface area (Å²) in [6.07, 6.45) is 6.20. The van der Waals surface area contributed by atoms with Gasteiger partial charge in [-0.05, 0) is 30.5 Å². The second kappa shape index (κ2) is 8.62. The van der Waals surface area contributed by atoms with Crippen molar-refractivity contribution in [2.24, 2.45) is 0 Å². The lowest BCUT2D eigenvalue weighted by Gasteiger charge is -2.21. The van der Waals surface area contributed by atoms with Gasteiger partial charge in [0.15, 0.2) is 4.34 Å². The van der Waals surface area contributed by atoms with Crippen LogP contribution in [0, 0.1) is 5.82 Å². The van der Waals surface area contributed by atoms with Gasteiger partial charge < -0.3 is 10.1 Å². The van der Waals surface area contributed by atoms with Crippen LogP contribution in [0.1, 0.15) is 48.0 Å². The molecule has 0 bridgehead atoms. The molecular weight excluding hydrogens is 361 g/mol. The van der Waals surface area contributed by atoms with Crippen LogP contribution in [0.15, 0.2) is 22.5 Å². The molecule has 0 aliphatic heterocycles. The third-order valence-corrected chi connectivity index (χ3v) is 6.20. The molecule has 1 aliphatic rings. The summed E-state index contributed by atoms with van der Waals surface area (Å²) in [6.45, 7) is 0. The van der Waals surface area contributed by atoms with Crippen LogP contribution < -0.4 is 5.32 Å². The highest BCUT2D eigenvalue weighted by molar-refractivity contribution is 8.00. The fraction of sp³-hybridized carbons (Fsp3) is 0.471. The summed E-state index contributed by atoms with van der Waals surface area (Å²) in [6, 6.07) is 4.65. The number of anilines is 1. The number of benzene rings is 1.